The Labute approximate surface area is 138 Å². The number of rotatable bonds is 4. The highest BCUT2D eigenvalue weighted by Gasteiger charge is 2.54. The summed E-state index contributed by atoms with van der Waals surface area (Å²) in [5, 5.41) is 10.6. The number of nitrogens with zero attached hydrogens (tertiary/aromatic N) is 2. The van der Waals surface area contributed by atoms with E-state index in [9.17, 15) is 18.5 Å². The molecule has 0 radical (unpaired) electrons. The Kier molecular flexibility index (Phi) is 3.40. The molecule has 1 aromatic carbocycles. The number of nitrogens with one attached hydrogen (secondary N) is 1. The third kappa shape index (κ3) is 2.47. The molecule has 2 aliphatic carbocycles. The number of benzene rings is 1. The Morgan fingerprint density at radius 3 is 2.71 bits per heavy atom. The van der Waals surface area contributed by atoms with Gasteiger partial charge in [-0.3, -0.25) is 0 Å². The lowest BCUT2D eigenvalue weighted by Crippen LogP contribution is -2.27. The van der Waals surface area contributed by atoms with Gasteiger partial charge in [-0.05, 0) is 45.9 Å². The summed E-state index contributed by atoms with van der Waals surface area (Å²) in [5.74, 6) is 0.166. The van der Waals surface area contributed by atoms with Crippen LogP contribution in [0.1, 0.15) is 23.5 Å². The van der Waals surface area contributed by atoms with E-state index in [4.69, 9.17) is 0 Å². The van der Waals surface area contributed by atoms with Gasteiger partial charge in [-0.1, -0.05) is 24.3 Å². The Balaban J connectivity index is 1.55. The van der Waals surface area contributed by atoms with Gasteiger partial charge < -0.3 is 10.1 Å². The molecule has 2 aromatic rings. The standard InChI is InChI=1S/C16H15N3O4S/c20-19(21)14-8-6-11(9-17-14)24(22,23)18-16-13-7-5-10-3-1-2-4-12(10)15(13)16/h1-4,6,8-9,13,15-16,18H,5,7H2/t13-,15+,16+/m0/s1. The molecule has 1 saturated carbocycles. The number of nitro groups is 1. The van der Waals surface area contributed by atoms with Gasteiger partial charge in [0.15, 0.2) is 6.20 Å². The number of hydrogen-bond donors (Lipinski definition) is 1. The molecule has 24 heavy (non-hydrogen) atoms. The topological polar surface area (TPSA) is 102 Å². The maximum Gasteiger partial charge on any atom is 0.363 e. The van der Waals surface area contributed by atoms with E-state index in [0.717, 1.165) is 25.1 Å². The van der Waals surface area contributed by atoms with Crippen LogP contribution in [-0.4, -0.2) is 24.4 Å². The lowest BCUT2D eigenvalue weighted by Gasteiger charge is -2.13. The summed E-state index contributed by atoms with van der Waals surface area (Å²) >= 11 is 0. The van der Waals surface area contributed by atoms with Gasteiger partial charge in [-0.25, -0.2) is 13.1 Å². The fourth-order valence-electron chi connectivity index (χ4n) is 3.61. The van der Waals surface area contributed by atoms with Crippen molar-refractivity contribution in [2.75, 3.05) is 0 Å². The molecule has 0 spiro atoms. The first-order chi connectivity index (χ1) is 11.5. The first-order valence-corrected chi connectivity index (χ1v) is 9.16. The summed E-state index contributed by atoms with van der Waals surface area (Å²) in [6.45, 7) is 0. The van der Waals surface area contributed by atoms with Crippen LogP contribution in [-0.2, 0) is 16.4 Å². The lowest BCUT2D eigenvalue weighted by atomic mass is 9.92. The summed E-state index contributed by atoms with van der Waals surface area (Å²) in [7, 11) is -3.74. The maximum absolute atomic E-state index is 12.5. The first-order valence-electron chi connectivity index (χ1n) is 7.68. The number of pyridine rings is 1. The zero-order chi connectivity index (χ0) is 16.9. The zero-order valence-corrected chi connectivity index (χ0v) is 13.4. The minimum absolute atomic E-state index is 0.0509. The average molecular weight is 345 g/mol. The molecule has 4 rings (SSSR count). The molecule has 0 saturated heterocycles. The van der Waals surface area contributed by atoms with Crippen LogP contribution in [0.15, 0.2) is 47.5 Å². The van der Waals surface area contributed by atoms with Crippen LogP contribution >= 0.6 is 0 Å². The van der Waals surface area contributed by atoms with Gasteiger partial charge in [0.2, 0.25) is 10.0 Å². The van der Waals surface area contributed by atoms with Gasteiger partial charge in [-0.15, -0.1) is 0 Å². The molecule has 1 aromatic heterocycles. The van der Waals surface area contributed by atoms with E-state index in [1.807, 2.05) is 12.1 Å². The second kappa shape index (κ2) is 5.35. The molecular weight excluding hydrogens is 330 g/mol. The Bertz CT molecular complexity index is 911. The number of aromatic nitrogens is 1. The highest BCUT2D eigenvalue weighted by atomic mass is 32.2. The van der Waals surface area contributed by atoms with E-state index in [1.165, 1.54) is 17.2 Å². The van der Waals surface area contributed by atoms with Crippen molar-refractivity contribution in [3.05, 3.63) is 63.8 Å². The predicted molar refractivity (Wildman–Crippen MR) is 86.0 cm³/mol. The van der Waals surface area contributed by atoms with E-state index in [-0.39, 0.29) is 22.7 Å². The van der Waals surface area contributed by atoms with Crippen molar-refractivity contribution in [3.63, 3.8) is 0 Å². The van der Waals surface area contributed by atoms with Crippen LogP contribution < -0.4 is 4.72 Å². The molecule has 0 aliphatic heterocycles. The van der Waals surface area contributed by atoms with Crippen molar-refractivity contribution in [2.45, 2.75) is 29.7 Å². The Morgan fingerprint density at radius 1 is 1.21 bits per heavy atom. The van der Waals surface area contributed by atoms with Crippen LogP contribution in [0.5, 0.6) is 0 Å². The molecule has 7 nitrogen and oxygen atoms in total. The maximum atomic E-state index is 12.5. The SMILES string of the molecule is O=[N+]([O-])c1ccc(S(=O)(=O)N[C@@H]2[C@H]3CCc4ccccc4[C@H]32)cn1. The highest BCUT2D eigenvalue weighted by molar-refractivity contribution is 7.89. The van der Waals surface area contributed by atoms with E-state index in [1.54, 1.807) is 0 Å². The van der Waals surface area contributed by atoms with Gasteiger partial charge in [-0.2, -0.15) is 0 Å². The first kappa shape index (κ1) is 15.2. The van der Waals surface area contributed by atoms with Crippen molar-refractivity contribution >= 4 is 15.8 Å². The molecule has 0 amide bonds. The van der Waals surface area contributed by atoms with Crippen molar-refractivity contribution < 1.29 is 13.3 Å². The summed E-state index contributed by atoms with van der Waals surface area (Å²) < 4.78 is 27.7. The summed E-state index contributed by atoms with van der Waals surface area (Å²) in [6, 6.07) is 10.3. The fourth-order valence-corrected chi connectivity index (χ4v) is 4.87. The van der Waals surface area contributed by atoms with Gasteiger partial charge in [0.25, 0.3) is 0 Å². The second-order valence-electron chi connectivity index (χ2n) is 6.18. The molecule has 0 unspecified atom stereocenters. The van der Waals surface area contributed by atoms with Crippen molar-refractivity contribution in [2.24, 2.45) is 5.92 Å². The van der Waals surface area contributed by atoms with Crippen LogP contribution in [0.3, 0.4) is 0 Å². The third-order valence-corrected chi connectivity index (χ3v) is 6.28. The molecule has 8 heteroatoms. The smallest absolute Gasteiger partial charge is 0.358 e. The number of hydrogen-bond acceptors (Lipinski definition) is 5. The quantitative estimate of drug-likeness (QED) is 0.674. The molecule has 3 atom stereocenters. The monoisotopic (exact) mass is 345 g/mol. The van der Waals surface area contributed by atoms with Gasteiger partial charge >= 0.3 is 5.82 Å². The molecule has 1 fully saturated rings. The van der Waals surface area contributed by atoms with Crippen LogP contribution in [0.4, 0.5) is 5.82 Å². The van der Waals surface area contributed by atoms with E-state index >= 15 is 0 Å². The minimum Gasteiger partial charge on any atom is -0.358 e. The molecule has 0 bridgehead atoms. The molecule has 124 valence electrons. The molecule has 2 aliphatic rings. The summed E-state index contributed by atoms with van der Waals surface area (Å²) in [5.41, 5.74) is 2.51. The highest BCUT2D eigenvalue weighted by Crippen LogP contribution is 2.54. The average Bonchev–Trinajstić information content (AvgIpc) is 3.27. The van der Waals surface area contributed by atoms with Gasteiger partial charge in [0.1, 0.15) is 4.90 Å². The predicted octanol–water partition coefficient (Wildman–Crippen LogP) is 2.00. The van der Waals surface area contributed by atoms with Crippen molar-refractivity contribution in [1.29, 1.82) is 0 Å². The van der Waals surface area contributed by atoms with E-state index in [0.29, 0.717) is 5.92 Å². The largest absolute Gasteiger partial charge is 0.363 e. The number of fused-ring (bicyclic) bond motifs is 3. The van der Waals surface area contributed by atoms with Gasteiger partial charge in [0, 0.05) is 18.0 Å². The van der Waals surface area contributed by atoms with Crippen LogP contribution in [0, 0.1) is 16.0 Å². The number of aryl methyl sites for hydroxylation is 1. The van der Waals surface area contributed by atoms with Crippen molar-refractivity contribution in [1.82, 2.24) is 9.71 Å². The normalized spacial score (nSPS) is 24.8. The second-order valence-corrected chi connectivity index (χ2v) is 7.90. The summed E-state index contributed by atoms with van der Waals surface area (Å²) in [6.07, 6.45) is 2.96. The molecule has 1 heterocycles. The minimum atomic E-state index is -3.74. The van der Waals surface area contributed by atoms with E-state index < -0.39 is 14.9 Å². The summed E-state index contributed by atoms with van der Waals surface area (Å²) in [4.78, 5) is 13.5. The Hall–Kier alpha value is -2.32. The zero-order valence-electron chi connectivity index (χ0n) is 12.6. The van der Waals surface area contributed by atoms with Crippen molar-refractivity contribution in [3.8, 4) is 0 Å². The Morgan fingerprint density at radius 2 is 2.00 bits per heavy atom. The fraction of sp³-hybridized carbons (Fsp3) is 0.312. The third-order valence-electron chi connectivity index (χ3n) is 4.84. The lowest BCUT2D eigenvalue weighted by molar-refractivity contribution is -0.389. The molecular formula is C16H15N3O4S. The van der Waals surface area contributed by atoms with Crippen LogP contribution in [0.2, 0.25) is 0 Å². The van der Waals surface area contributed by atoms with E-state index in [2.05, 4.69) is 21.8 Å². The molecule has 1 N–H and O–H groups in total. The van der Waals surface area contributed by atoms with Gasteiger partial charge in [0.05, 0.1) is 0 Å². The van der Waals surface area contributed by atoms with Crippen LogP contribution in [0.25, 0.3) is 0 Å². The number of sulfonamides is 1.